The van der Waals surface area contributed by atoms with Gasteiger partial charge in [-0.2, -0.15) is 0 Å². The number of carboxylic acid groups (broad SMARTS) is 1. The number of aryl methyl sites for hydroxylation is 1. The predicted octanol–water partition coefficient (Wildman–Crippen LogP) is 2.91. The Morgan fingerprint density at radius 3 is 2.86 bits per heavy atom. The van der Waals surface area contributed by atoms with Gasteiger partial charge >= 0.3 is 5.97 Å². The van der Waals surface area contributed by atoms with Crippen molar-refractivity contribution in [2.45, 2.75) is 33.2 Å². The zero-order chi connectivity index (χ0) is 15.4. The summed E-state index contributed by atoms with van der Waals surface area (Å²) in [5, 5.41) is 20.8. The van der Waals surface area contributed by atoms with Crippen LogP contribution >= 0.6 is 15.9 Å². The molecule has 0 saturated carbocycles. The lowest BCUT2D eigenvalue weighted by molar-refractivity contribution is -0.138. The first-order valence-corrected chi connectivity index (χ1v) is 7.55. The third-order valence-corrected chi connectivity index (χ3v) is 3.93. The molecule has 1 atom stereocenters. The van der Waals surface area contributed by atoms with Gasteiger partial charge < -0.3 is 5.11 Å². The van der Waals surface area contributed by atoms with Crippen molar-refractivity contribution in [3.63, 3.8) is 0 Å². The van der Waals surface area contributed by atoms with Crippen molar-refractivity contribution < 1.29 is 9.90 Å². The van der Waals surface area contributed by atoms with E-state index in [1.165, 1.54) is 0 Å². The highest BCUT2D eigenvalue weighted by molar-refractivity contribution is 9.10. The first-order chi connectivity index (χ1) is 10.0. The number of carboxylic acids is 1. The van der Waals surface area contributed by atoms with Crippen LogP contribution in [0.3, 0.4) is 0 Å². The van der Waals surface area contributed by atoms with Crippen LogP contribution in [0.5, 0.6) is 0 Å². The van der Waals surface area contributed by atoms with Crippen LogP contribution in [-0.4, -0.2) is 31.3 Å². The van der Waals surface area contributed by atoms with Crippen LogP contribution in [0, 0.1) is 12.8 Å². The molecule has 0 amide bonds. The van der Waals surface area contributed by atoms with Crippen molar-refractivity contribution in [1.29, 1.82) is 0 Å². The third-order valence-electron chi connectivity index (χ3n) is 3.43. The number of aromatic nitrogens is 4. The van der Waals surface area contributed by atoms with Gasteiger partial charge in [0.05, 0.1) is 0 Å². The minimum Gasteiger partial charge on any atom is -0.481 e. The van der Waals surface area contributed by atoms with Crippen LogP contribution in [0.2, 0.25) is 0 Å². The lowest BCUT2D eigenvalue weighted by Gasteiger charge is -2.13. The van der Waals surface area contributed by atoms with E-state index in [0.717, 1.165) is 22.0 Å². The van der Waals surface area contributed by atoms with E-state index in [1.807, 2.05) is 32.0 Å². The summed E-state index contributed by atoms with van der Waals surface area (Å²) in [6.45, 7) is 4.47. The van der Waals surface area contributed by atoms with Crippen molar-refractivity contribution in [2.24, 2.45) is 5.92 Å². The average Bonchev–Trinajstić information content (AvgIpc) is 2.85. The number of tetrazole rings is 1. The molecule has 0 fully saturated rings. The molecule has 0 saturated heterocycles. The Morgan fingerprint density at radius 2 is 2.24 bits per heavy atom. The van der Waals surface area contributed by atoms with E-state index < -0.39 is 5.97 Å². The Hall–Kier alpha value is -1.76. The topological polar surface area (TPSA) is 80.9 Å². The van der Waals surface area contributed by atoms with E-state index >= 15 is 0 Å². The molecule has 1 unspecified atom stereocenters. The molecule has 7 heteroatoms. The fourth-order valence-electron chi connectivity index (χ4n) is 2.23. The number of aliphatic carboxylic acids is 1. The molecule has 1 aromatic heterocycles. The van der Waals surface area contributed by atoms with E-state index in [-0.39, 0.29) is 12.3 Å². The average molecular weight is 353 g/mol. The molecule has 21 heavy (non-hydrogen) atoms. The number of benzene rings is 1. The molecule has 0 aliphatic carbocycles. The second-order valence-electron chi connectivity index (χ2n) is 5.02. The van der Waals surface area contributed by atoms with Crippen molar-refractivity contribution in [2.75, 3.05) is 0 Å². The summed E-state index contributed by atoms with van der Waals surface area (Å²) in [4.78, 5) is 10.9. The highest BCUT2D eigenvalue weighted by atomic mass is 79.9. The molecule has 2 aromatic rings. The van der Waals surface area contributed by atoms with Crippen molar-refractivity contribution in [3.05, 3.63) is 28.2 Å². The van der Waals surface area contributed by atoms with Crippen LogP contribution in [0.15, 0.2) is 22.7 Å². The van der Waals surface area contributed by atoms with Gasteiger partial charge in [-0.25, -0.2) is 4.68 Å². The fraction of sp³-hybridized carbons (Fsp3) is 0.429. The van der Waals surface area contributed by atoms with Crippen molar-refractivity contribution >= 4 is 21.9 Å². The van der Waals surface area contributed by atoms with Gasteiger partial charge in [-0.3, -0.25) is 4.79 Å². The van der Waals surface area contributed by atoms with Crippen LogP contribution in [0.25, 0.3) is 11.4 Å². The molecule has 0 aliphatic heterocycles. The van der Waals surface area contributed by atoms with Crippen LogP contribution in [-0.2, 0) is 11.3 Å². The number of rotatable bonds is 6. The third kappa shape index (κ3) is 3.87. The maximum atomic E-state index is 10.9. The summed E-state index contributed by atoms with van der Waals surface area (Å²) in [7, 11) is 0. The standard InChI is InChI=1S/C14H17BrN4O2/c1-3-10(7-13(20)21)8-19-14(16-17-18-19)12-5-4-11(15)6-9(12)2/h4-6,10H,3,7-8H2,1-2H3,(H,20,21). The van der Waals surface area contributed by atoms with E-state index in [9.17, 15) is 4.79 Å². The molecule has 0 aliphatic rings. The van der Waals surface area contributed by atoms with Gasteiger partial charge in [-0.15, -0.1) is 5.10 Å². The number of nitrogens with zero attached hydrogens (tertiary/aromatic N) is 4. The summed E-state index contributed by atoms with van der Waals surface area (Å²) >= 11 is 3.43. The molecule has 0 spiro atoms. The Balaban J connectivity index is 2.27. The van der Waals surface area contributed by atoms with Gasteiger partial charge in [-0.1, -0.05) is 29.3 Å². The highest BCUT2D eigenvalue weighted by Gasteiger charge is 2.17. The first kappa shape index (κ1) is 15.6. The molecule has 112 valence electrons. The molecular formula is C14H17BrN4O2. The number of hydrogen-bond donors (Lipinski definition) is 1. The zero-order valence-corrected chi connectivity index (χ0v) is 13.5. The normalized spacial score (nSPS) is 12.3. The Labute approximate surface area is 131 Å². The monoisotopic (exact) mass is 352 g/mol. The Morgan fingerprint density at radius 1 is 1.48 bits per heavy atom. The summed E-state index contributed by atoms with van der Waals surface area (Å²) in [6.07, 6.45) is 0.889. The van der Waals surface area contributed by atoms with Crippen LogP contribution < -0.4 is 0 Å². The summed E-state index contributed by atoms with van der Waals surface area (Å²) in [6, 6.07) is 5.90. The molecule has 1 heterocycles. The zero-order valence-electron chi connectivity index (χ0n) is 12.0. The molecule has 0 radical (unpaired) electrons. The number of halogens is 1. The summed E-state index contributed by atoms with van der Waals surface area (Å²) in [5.41, 5.74) is 2.01. The van der Waals surface area contributed by atoms with Crippen LogP contribution in [0.1, 0.15) is 25.3 Å². The number of hydrogen-bond acceptors (Lipinski definition) is 4. The summed E-state index contributed by atoms with van der Waals surface area (Å²) in [5.74, 6) is -0.111. The molecule has 1 N–H and O–H groups in total. The van der Waals surface area contributed by atoms with E-state index in [1.54, 1.807) is 4.68 Å². The predicted molar refractivity (Wildman–Crippen MR) is 81.7 cm³/mol. The van der Waals surface area contributed by atoms with Gasteiger partial charge in [0.15, 0.2) is 5.82 Å². The van der Waals surface area contributed by atoms with Crippen LogP contribution in [0.4, 0.5) is 0 Å². The fourth-order valence-corrected chi connectivity index (χ4v) is 2.70. The van der Waals surface area contributed by atoms with E-state index in [0.29, 0.717) is 12.4 Å². The first-order valence-electron chi connectivity index (χ1n) is 6.75. The molecule has 6 nitrogen and oxygen atoms in total. The minimum absolute atomic E-state index is 0.0144. The SMILES string of the molecule is CCC(CC(=O)O)Cn1nnnc1-c1ccc(Br)cc1C. The second-order valence-corrected chi connectivity index (χ2v) is 5.93. The van der Waals surface area contributed by atoms with Gasteiger partial charge in [0, 0.05) is 23.0 Å². The summed E-state index contributed by atoms with van der Waals surface area (Å²) < 4.78 is 2.69. The smallest absolute Gasteiger partial charge is 0.303 e. The van der Waals surface area contributed by atoms with E-state index in [2.05, 4.69) is 31.5 Å². The van der Waals surface area contributed by atoms with Crippen molar-refractivity contribution in [1.82, 2.24) is 20.2 Å². The lowest BCUT2D eigenvalue weighted by Crippen LogP contribution is -2.16. The molecule has 1 aromatic carbocycles. The molecule has 2 rings (SSSR count). The quantitative estimate of drug-likeness (QED) is 0.864. The van der Waals surface area contributed by atoms with Gasteiger partial charge in [0.25, 0.3) is 0 Å². The van der Waals surface area contributed by atoms with Gasteiger partial charge in [0.1, 0.15) is 0 Å². The lowest BCUT2D eigenvalue weighted by atomic mass is 10.0. The largest absolute Gasteiger partial charge is 0.481 e. The van der Waals surface area contributed by atoms with Gasteiger partial charge in [0.2, 0.25) is 0 Å². The van der Waals surface area contributed by atoms with E-state index in [4.69, 9.17) is 5.11 Å². The number of carbonyl (C=O) groups is 1. The molecule has 0 bridgehead atoms. The maximum Gasteiger partial charge on any atom is 0.303 e. The maximum absolute atomic E-state index is 10.9. The van der Waals surface area contributed by atoms with Crippen molar-refractivity contribution in [3.8, 4) is 11.4 Å². The van der Waals surface area contributed by atoms with Gasteiger partial charge in [-0.05, 0) is 47.0 Å². The minimum atomic E-state index is -0.795. The highest BCUT2D eigenvalue weighted by Crippen LogP contribution is 2.25. The Bertz CT molecular complexity index is 642. The second kappa shape index (κ2) is 6.80. The molecular weight excluding hydrogens is 336 g/mol. The Kier molecular flexibility index (Phi) is 5.06.